The molecule has 1 aromatic rings. The summed E-state index contributed by atoms with van der Waals surface area (Å²) in [4.78, 5) is 13.3. The van der Waals surface area contributed by atoms with E-state index in [0.29, 0.717) is 5.82 Å². The monoisotopic (exact) mass is 312 g/mol. The Morgan fingerprint density at radius 2 is 1.94 bits per heavy atom. The van der Waals surface area contributed by atoms with Crippen molar-refractivity contribution in [2.24, 2.45) is 5.84 Å². The summed E-state index contributed by atoms with van der Waals surface area (Å²) in [6.07, 6.45) is 4.29. The van der Waals surface area contributed by atoms with Gasteiger partial charge < -0.3 is 10.3 Å². The van der Waals surface area contributed by atoms with Gasteiger partial charge in [-0.05, 0) is 28.8 Å². The van der Waals surface area contributed by atoms with Gasteiger partial charge in [-0.2, -0.15) is 0 Å². The number of hydrogen-bond acceptors (Lipinski definition) is 6. The Hall–Kier alpha value is -0.920. The largest absolute Gasteiger partial charge is 0.353 e. The van der Waals surface area contributed by atoms with E-state index in [2.05, 4.69) is 41.1 Å². The second-order valence-electron chi connectivity index (χ2n) is 4.76. The Morgan fingerprint density at radius 1 is 1.22 bits per heavy atom. The maximum atomic E-state index is 5.42. The molecule has 0 aromatic carbocycles. The summed E-state index contributed by atoms with van der Waals surface area (Å²) in [6, 6.07) is 0.849. The number of nitrogens with zero attached hydrogens (tertiary/aromatic N) is 4. The lowest BCUT2D eigenvalue weighted by Gasteiger charge is -2.35. The first-order valence-corrected chi connectivity index (χ1v) is 7.05. The summed E-state index contributed by atoms with van der Waals surface area (Å²) < 4.78 is 0.840. The molecule has 0 amide bonds. The van der Waals surface area contributed by atoms with E-state index in [-0.39, 0.29) is 0 Å². The highest BCUT2D eigenvalue weighted by Gasteiger charge is 2.31. The number of rotatable bonds is 3. The molecule has 0 radical (unpaired) electrons. The lowest BCUT2D eigenvalue weighted by molar-refractivity contribution is 0.247. The topological polar surface area (TPSA) is 70.3 Å². The van der Waals surface area contributed by atoms with Gasteiger partial charge in [0.15, 0.2) is 5.82 Å². The number of hydrogen-bond donors (Lipinski definition) is 2. The molecule has 3 N–H and O–H groups in total. The maximum absolute atomic E-state index is 5.42. The van der Waals surface area contributed by atoms with Crippen LogP contribution in [0.4, 0.5) is 11.6 Å². The molecule has 2 heterocycles. The molecule has 2 aliphatic rings. The van der Waals surface area contributed by atoms with Crippen LogP contribution in [0.5, 0.6) is 0 Å². The molecule has 1 aromatic heterocycles. The zero-order valence-electron chi connectivity index (χ0n) is 10.1. The van der Waals surface area contributed by atoms with Gasteiger partial charge in [-0.1, -0.05) is 0 Å². The predicted molar refractivity (Wildman–Crippen MR) is 74.4 cm³/mol. The van der Waals surface area contributed by atoms with Crippen LogP contribution in [0.25, 0.3) is 0 Å². The van der Waals surface area contributed by atoms with Crippen LogP contribution in [0.15, 0.2) is 10.8 Å². The molecular formula is C11H17BrN6. The third kappa shape index (κ3) is 2.30. The lowest BCUT2D eigenvalue weighted by Crippen LogP contribution is -2.47. The van der Waals surface area contributed by atoms with Gasteiger partial charge in [0, 0.05) is 32.2 Å². The molecule has 0 bridgehead atoms. The van der Waals surface area contributed by atoms with E-state index in [1.165, 1.54) is 12.8 Å². The van der Waals surface area contributed by atoms with Gasteiger partial charge >= 0.3 is 0 Å². The first-order chi connectivity index (χ1) is 8.79. The van der Waals surface area contributed by atoms with Crippen LogP contribution in [0.3, 0.4) is 0 Å². The van der Waals surface area contributed by atoms with Crippen molar-refractivity contribution in [2.75, 3.05) is 36.5 Å². The zero-order chi connectivity index (χ0) is 12.5. The van der Waals surface area contributed by atoms with Crippen LogP contribution in [-0.2, 0) is 0 Å². The van der Waals surface area contributed by atoms with Crippen LogP contribution in [0.2, 0.25) is 0 Å². The van der Waals surface area contributed by atoms with Gasteiger partial charge in [0.2, 0.25) is 0 Å². The molecule has 98 valence electrons. The van der Waals surface area contributed by atoms with Crippen LogP contribution < -0.4 is 16.2 Å². The summed E-state index contributed by atoms with van der Waals surface area (Å²) in [5, 5.41) is 0. The first kappa shape index (κ1) is 12.1. The van der Waals surface area contributed by atoms with Gasteiger partial charge in [-0.25, -0.2) is 15.8 Å². The molecule has 3 rings (SSSR count). The number of nitrogen functional groups attached to an aromatic ring is 1. The summed E-state index contributed by atoms with van der Waals surface area (Å²) in [5.41, 5.74) is 2.58. The molecular weight excluding hydrogens is 296 g/mol. The average Bonchev–Trinajstić information content (AvgIpc) is 3.24. The molecule has 1 aliphatic carbocycles. The Labute approximate surface area is 115 Å². The van der Waals surface area contributed by atoms with Gasteiger partial charge in [0.25, 0.3) is 0 Å². The Morgan fingerprint density at radius 3 is 2.56 bits per heavy atom. The lowest BCUT2D eigenvalue weighted by atomic mass is 10.3. The second kappa shape index (κ2) is 4.99. The molecule has 0 atom stereocenters. The fourth-order valence-electron chi connectivity index (χ4n) is 2.42. The van der Waals surface area contributed by atoms with E-state index in [1.54, 1.807) is 6.33 Å². The molecule has 18 heavy (non-hydrogen) atoms. The minimum absolute atomic E-state index is 0.629. The van der Waals surface area contributed by atoms with Crippen molar-refractivity contribution < 1.29 is 0 Å². The molecule has 7 heteroatoms. The van der Waals surface area contributed by atoms with E-state index in [0.717, 1.165) is 42.5 Å². The number of piperazine rings is 1. The number of hydrazine groups is 1. The molecule has 0 unspecified atom stereocenters. The van der Waals surface area contributed by atoms with Crippen LogP contribution >= 0.6 is 15.9 Å². The molecule has 0 spiro atoms. The number of nitrogens with one attached hydrogen (secondary N) is 1. The van der Waals surface area contributed by atoms with E-state index in [4.69, 9.17) is 5.84 Å². The molecule has 6 nitrogen and oxygen atoms in total. The SMILES string of the molecule is NNc1ncnc(N2CCN(C3CC3)CC2)c1Br. The zero-order valence-corrected chi connectivity index (χ0v) is 11.7. The normalized spacial score (nSPS) is 21.1. The van der Waals surface area contributed by atoms with Crippen molar-refractivity contribution in [3.8, 4) is 0 Å². The van der Waals surface area contributed by atoms with Crippen LogP contribution in [0.1, 0.15) is 12.8 Å². The minimum atomic E-state index is 0.629. The van der Waals surface area contributed by atoms with Crippen molar-refractivity contribution in [1.29, 1.82) is 0 Å². The first-order valence-electron chi connectivity index (χ1n) is 6.25. The highest BCUT2D eigenvalue weighted by molar-refractivity contribution is 9.10. The minimum Gasteiger partial charge on any atom is -0.353 e. The van der Waals surface area contributed by atoms with E-state index in [1.807, 2.05) is 0 Å². The van der Waals surface area contributed by atoms with Crippen molar-refractivity contribution in [1.82, 2.24) is 14.9 Å². The van der Waals surface area contributed by atoms with Crippen molar-refractivity contribution >= 4 is 27.6 Å². The number of anilines is 2. The third-order valence-electron chi connectivity index (χ3n) is 3.58. The Balaban J connectivity index is 1.71. The van der Waals surface area contributed by atoms with Gasteiger partial charge in [0.1, 0.15) is 16.6 Å². The summed E-state index contributed by atoms with van der Waals surface area (Å²) in [6.45, 7) is 4.26. The smallest absolute Gasteiger partial charge is 0.159 e. The van der Waals surface area contributed by atoms with E-state index in [9.17, 15) is 0 Å². The highest BCUT2D eigenvalue weighted by Crippen LogP contribution is 2.31. The fraction of sp³-hybridized carbons (Fsp3) is 0.636. The predicted octanol–water partition coefficient (Wildman–Crippen LogP) is 0.809. The Kier molecular flexibility index (Phi) is 3.36. The van der Waals surface area contributed by atoms with E-state index >= 15 is 0 Å². The molecule has 1 saturated carbocycles. The summed E-state index contributed by atoms with van der Waals surface area (Å²) >= 11 is 3.51. The van der Waals surface area contributed by atoms with E-state index < -0.39 is 0 Å². The molecule has 1 aliphatic heterocycles. The summed E-state index contributed by atoms with van der Waals surface area (Å²) in [5.74, 6) is 6.98. The third-order valence-corrected chi connectivity index (χ3v) is 4.32. The highest BCUT2D eigenvalue weighted by atomic mass is 79.9. The van der Waals surface area contributed by atoms with Crippen molar-refractivity contribution in [3.63, 3.8) is 0 Å². The summed E-state index contributed by atoms with van der Waals surface area (Å²) in [7, 11) is 0. The van der Waals surface area contributed by atoms with Crippen LogP contribution in [-0.4, -0.2) is 47.1 Å². The van der Waals surface area contributed by atoms with Gasteiger partial charge in [0.05, 0.1) is 0 Å². The standard InChI is InChI=1S/C11H17BrN6/c12-9-10(16-13)14-7-15-11(9)18-5-3-17(4-6-18)8-1-2-8/h7-8H,1-6,13H2,(H,14,15,16). The van der Waals surface area contributed by atoms with Crippen LogP contribution in [0, 0.1) is 0 Å². The van der Waals surface area contributed by atoms with Crippen molar-refractivity contribution in [3.05, 3.63) is 10.8 Å². The maximum Gasteiger partial charge on any atom is 0.159 e. The average molecular weight is 313 g/mol. The number of aromatic nitrogens is 2. The number of halogens is 1. The fourth-order valence-corrected chi connectivity index (χ4v) is 2.99. The quantitative estimate of drug-likeness (QED) is 0.636. The van der Waals surface area contributed by atoms with Crippen molar-refractivity contribution in [2.45, 2.75) is 18.9 Å². The number of nitrogens with two attached hydrogens (primary N) is 1. The van der Waals surface area contributed by atoms with Gasteiger partial charge in [-0.3, -0.25) is 4.90 Å². The molecule has 2 fully saturated rings. The Bertz CT molecular complexity index is 428. The second-order valence-corrected chi connectivity index (χ2v) is 5.55. The molecule has 1 saturated heterocycles. The van der Waals surface area contributed by atoms with Gasteiger partial charge in [-0.15, -0.1) is 0 Å².